The molecule has 5 heterocycles. The van der Waals surface area contributed by atoms with Crippen LogP contribution in [0.4, 0.5) is 0 Å². The Kier molecular flexibility index (Phi) is 8.35. The summed E-state index contributed by atoms with van der Waals surface area (Å²) < 4.78 is 4.34. The second kappa shape index (κ2) is 14.6. The number of imidazole rings is 2. The first kappa shape index (κ1) is 35.4. The number of fused-ring (bicyclic) bond motifs is 4. The molecule has 0 aliphatic rings. The molecule has 12 rings (SSSR count). The van der Waals surface area contributed by atoms with Gasteiger partial charge in [-0.1, -0.05) is 152 Å². The summed E-state index contributed by atoms with van der Waals surface area (Å²) in [5.74, 6) is 1.74. The summed E-state index contributed by atoms with van der Waals surface area (Å²) in [5.41, 5.74) is 12.3. The van der Waals surface area contributed by atoms with Gasteiger partial charge < -0.3 is 0 Å². The summed E-state index contributed by atoms with van der Waals surface area (Å²) in [5, 5.41) is 4.75. The number of rotatable bonds is 7. The maximum atomic E-state index is 5.21. The third kappa shape index (κ3) is 6.19. The molecule has 0 N–H and O–H groups in total. The Morgan fingerprint density at radius 3 is 1.16 bits per heavy atom. The summed E-state index contributed by atoms with van der Waals surface area (Å²) in [6.45, 7) is 0. The Bertz CT molecular complexity index is 3440. The van der Waals surface area contributed by atoms with Crippen molar-refractivity contribution >= 4 is 32.8 Å². The summed E-state index contributed by atoms with van der Waals surface area (Å²) >= 11 is 0. The van der Waals surface area contributed by atoms with Gasteiger partial charge in [0.05, 0.1) is 22.8 Å². The minimum absolute atomic E-state index is 0.571. The summed E-state index contributed by atoms with van der Waals surface area (Å²) in [4.78, 5) is 25.9. The lowest BCUT2D eigenvalue weighted by Gasteiger charge is -2.11. The van der Waals surface area contributed by atoms with Crippen molar-refractivity contribution in [2.24, 2.45) is 0 Å². The Hall–Kier alpha value is -8.55. The maximum Gasteiger partial charge on any atom is 0.164 e. The van der Waals surface area contributed by atoms with Gasteiger partial charge in [0.1, 0.15) is 11.3 Å². The molecule has 0 bridgehead atoms. The number of pyridine rings is 2. The molecular formula is C55H35N7. The van der Waals surface area contributed by atoms with E-state index in [0.29, 0.717) is 17.5 Å². The maximum absolute atomic E-state index is 5.21. The van der Waals surface area contributed by atoms with Crippen LogP contribution >= 0.6 is 0 Å². The van der Waals surface area contributed by atoms with Gasteiger partial charge in [-0.05, 0) is 70.1 Å². The first-order chi connectivity index (χ1) is 30.7. The van der Waals surface area contributed by atoms with Gasteiger partial charge >= 0.3 is 0 Å². The normalized spacial score (nSPS) is 11.5. The fourth-order valence-electron chi connectivity index (χ4n) is 8.58. The Balaban J connectivity index is 0.999. The van der Waals surface area contributed by atoms with E-state index in [1.165, 1.54) is 21.5 Å². The molecule has 0 radical (unpaired) electrons. The van der Waals surface area contributed by atoms with Crippen LogP contribution in [0.5, 0.6) is 0 Å². The summed E-state index contributed by atoms with van der Waals surface area (Å²) in [6.07, 6.45) is 4.16. The van der Waals surface area contributed by atoms with Crippen molar-refractivity contribution in [3.8, 4) is 79.2 Å². The van der Waals surface area contributed by atoms with Gasteiger partial charge in [0.2, 0.25) is 0 Å². The molecule has 12 aromatic rings. The van der Waals surface area contributed by atoms with Crippen LogP contribution in [0, 0.1) is 0 Å². The zero-order valence-corrected chi connectivity index (χ0v) is 33.3. The molecule has 0 saturated heterocycles. The highest BCUT2D eigenvalue weighted by molar-refractivity contribution is 5.93. The van der Waals surface area contributed by atoms with E-state index in [-0.39, 0.29) is 0 Å². The monoisotopic (exact) mass is 793 g/mol. The summed E-state index contributed by atoms with van der Waals surface area (Å²) in [6, 6.07) is 69.2. The number of hydrogen-bond acceptors (Lipinski definition) is 5. The van der Waals surface area contributed by atoms with E-state index in [2.05, 4.69) is 155 Å². The molecule has 5 aromatic heterocycles. The third-order valence-electron chi connectivity index (χ3n) is 11.6. The van der Waals surface area contributed by atoms with Crippen molar-refractivity contribution < 1.29 is 0 Å². The molecule has 0 aliphatic carbocycles. The van der Waals surface area contributed by atoms with E-state index < -0.39 is 0 Å². The topological polar surface area (TPSA) is 73.3 Å². The van der Waals surface area contributed by atoms with E-state index >= 15 is 0 Å². The molecule has 0 amide bonds. The van der Waals surface area contributed by atoms with Crippen molar-refractivity contribution in [2.75, 3.05) is 0 Å². The molecule has 0 spiro atoms. The molecule has 62 heavy (non-hydrogen) atoms. The highest BCUT2D eigenvalue weighted by Gasteiger charge is 2.21. The molecule has 0 fully saturated rings. The molecule has 0 unspecified atom stereocenters. The van der Waals surface area contributed by atoms with Crippen LogP contribution in [0.25, 0.3) is 112 Å². The molecule has 7 heteroatoms. The van der Waals surface area contributed by atoms with Gasteiger partial charge in [0, 0.05) is 51.3 Å². The zero-order valence-electron chi connectivity index (χ0n) is 33.3. The fourth-order valence-corrected chi connectivity index (χ4v) is 8.58. The van der Waals surface area contributed by atoms with Crippen molar-refractivity contribution in [2.45, 2.75) is 0 Å². The molecule has 7 aromatic carbocycles. The highest BCUT2D eigenvalue weighted by Crippen LogP contribution is 2.38. The van der Waals surface area contributed by atoms with Crippen LogP contribution in [0.2, 0.25) is 0 Å². The second-order valence-electron chi connectivity index (χ2n) is 15.4. The van der Waals surface area contributed by atoms with Crippen molar-refractivity contribution in [1.29, 1.82) is 0 Å². The van der Waals surface area contributed by atoms with Gasteiger partial charge in [0.15, 0.2) is 17.5 Å². The first-order valence-corrected chi connectivity index (χ1v) is 20.7. The highest BCUT2D eigenvalue weighted by atomic mass is 15.0. The second-order valence-corrected chi connectivity index (χ2v) is 15.4. The first-order valence-electron chi connectivity index (χ1n) is 20.7. The number of nitrogens with zero attached hydrogens (tertiary/aromatic N) is 7. The standard InChI is InChI=1S/C55H35N7/c1-2-16-38(17-3-1)53-58-54(45-22-12-20-41(34-45)49-51(61-30-10-8-24-47(61)56-49)43-28-26-36-14-4-6-18-39(36)32-43)60-55(59-53)46-23-13-21-42(35-46)50-52(62-31-11-9-25-48(62)57-50)44-29-27-37-15-5-7-19-40(37)33-44/h1-35H. The molecule has 290 valence electrons. The molecule has 0 atom stereocenters. The lowest BCUT2D eigenvalue weighted by molar-refractivity contribution is 1.07. The predicted octanol–water partition coefficient (Wildman–Crippen LogP) is 13.1. The van der Waals surface area contributed by atoms with E-state index in [1.54, 1.807) is 0 Å². The van der Waals surface area contributed by atoms with E-state index in [4.69, 9.17) is 24.9 Å². The Morgan fingerprint density at radius 2 is 0.661 bits per heavy atom. The molecular weight excluding hydrogens is 759 g/mol. The fraction of sp³-hybridized carbons (Fsp3) is 0. The van der Waals surface area contributed by atoms with Crippen molar-refractivity contribution in [3.63, 3.8) is 0 Å². The van der Waals surface area contributed by atoms with Gasteiger partial charge in [-0.3, -0.25) is 8.80 Å². The number of hydrogen-bond donors (Lipinski definition) is 0. The minimum Gasteiger partial charge on any atom is -0.299 e. The SMILES string of the molecule is c1ccc(-c2nc(-c3cccc(-c4nc5ccccn5c4-c4ccc5ccccc5c4)c3)nc(-c3cccc(-c4nc5ccccn5c4-c4ccc5ccccc5c4)c3)n2)cc1. The zero-order chi connectivity index (χ0) is 41.0. The van der Waals surface area contributed by atoms with Gasteiger partial charge in [-0.25, -0.2) is 24.9 Å². The largest absolute Gasteiger partial charge is 0.299 e. The Labute approximate surface area is 357 Å². The van der Waals surface area contributed by atoms with Gasteiger partial charge in [0.25, 0.3) is 0 Å². The summed E-state index contributed by atoms with van der Waals surface area (Å²) in [7, 11) is 0. The van der Waals surface area contributed by atoms with Crippen LogP contribution in [0.3, 0.4) is 0 Å². The molecule has 7 nitrogen and oxygen atoms in total. The van der Waals surface area contributed by atoms with Crippen LogP contribution < -0.4 is 0 Å². The van der Waals surface area contributed by atoms with Gasteiger partial charge in [-0.15, -0.1) is 0 Å². The van der Waals surface area contributed by atoms with Crippen molar-refractivity contribution in [1.82, 2.24) is 33.7 Å². The van der Waals surface area contributed by atoms with Crippen LogP contribution in [-0.4, -0.2) is 33.7 Å². The number of benzene rings is 7. The van der Waals surface area contributed by atoms with Gasteiger partial charge in [-0.2, -0.15) is 0 Å². The van der Waals surface area contributed by atoms with E-state index in [1.807, 2.05) is 66.7 Å². The lowest BCUT2D eigenvalue weighted by atomic mass is 10.00. The number of aromatic nitrogens is 7. The molecule has 0 saturated carbocycles. The van der Waals surface area contributed by atoms with E-state index in [0.717, 1.165) is 73.0 Å². The predicted molar refractivity (Wildman–Crippen MR) is 250 cm³/mol. The average molecular weight is 794 g/mol. The lowest BCUT2D eigenvalue weighted by Crippen LogP contribution is -2.00. The smallest absolute Gasteiger partial charge is 0.164 e. The van der Waals surface area contributed by atoms with Crippen LogP contribution in [0.15, 0.2) is 213 Å². The van der Waals surface area contributed by atoms with Crippen molar-refractivity contribution in [3.05, 3.63) is 213 Å². The third-order valence-corrected chi connectivity index (χ3v) is 11.6. The molecule has 0 aliphatic heterocycles. The minimum atomic E-state index is 0.571. The Morgan fingerprint density at radius 1 is 0.258 bits per heavy atom. The van der Waals surface area contributed by atoms with Crippen LogP contribution in [0.1, 0.15) is 0 Å². The van der Waals surface area contributed by atoms with Crippen LogP contribution in [-0.2, 0) is 0 Å². The van der Waals surface area contributed by atoms with E-state index in [9.17, 15) is 0 Å². The average Bonchev–Trinajstić information content (AvgIpc) is 3.94. The quantitative estimate of drug-likeness (QED) is 0.161.